The van der Waals surface area contributed by atoms with Crippen molar-refractivity contribution in [2.75, 3.05) is 11.5 Å². The van der Waals surface area contributed by atoms with Gasteiger partial charge in [0.05, 0.1) is 16.3 Å². The standard InChI is InChI=1S/C10H15N3O2/c1-3-6(2)8-4-7(13(14)15)5-9(11)10(8)12/h4-6H,3,11-12H2,1-2H3/t6-/m0/s1. The number of benzene rings is 1. The summed E-state index contributed by atoms with van der Waals surface area (Å²) in [5.74, 6) is 0.173. The van der Waals surface area contributed by atoms with E-state index in [0.717, 1.165) is 12.0 Å². The summed E-state index contributed by atoms with van der Waals surface area (Å²) in [5, 5.41) is 10.6. The van der Waals surface area contributed by atoms with E-state index in [1.54, 1.807) is 0 Å². The van der Waals surface area contributed by atoms with Gasteiger partial charge in [-0.25, -0.2) is 0 Å². The Morgan fingerprint density at radius 1 is 1.47 bits per heavy atom. The van der Waals surface area contributed by atoms with Gasteiger partial charge in [-0.2, -0.15) is 0 Å². The van der Waals surface area contributed by atoms with E-state index in [1.807, 2.05) is 13.8 Å². The number of rotatable bonds is 3. The quantitative estimate of drug-likeness (QED) is 0.453. The van der Waals surface area contributed by atoms with Crippen LogP contribution >= 0.6 is 0 Å². The number of hydrogen-bond donors (Lipinski definition) is 2. The van der Waals surface area contributed by atoms with Crippen LogP contribution in [0.1, 0.15) is 31.7 Å². The summed E-state index contributed by atoms with van der Waals surface area (Å²) in [5.41, 5.74) is 12.9. The van der Waals surface area contributed by atoms with Crippen molar-refractivity contribution in [3.8, 4) is 0 Å². The Balaban J connectivity index is 3.31. The van der Waals surface area contributed by atoms with E-state index in [0.29, 0.717) is 5.69 Å². The Kier molecular flexibility index (Phi) is 3.14. The predicted molar refractivity (Wildman–Crippen MR) is 60.6 cm³/mol. The van der Waals surface area contributed by atoms with Gasteiger partial charge in [-0.15, -0.1) is 0 Å². The lowest BCUT2D eigenvalue weighted by molar-refractivity contribution is -0.384. The number of nitrogens with zero attached hydrogens (tertiary/aromatic N) is 1. The number of hydrogen-bond acceptors (Lipinski definition) is 4. The minimum Gasteiger partial charge on any atom is -0.397 e. The monoisotopic (exact) mass is 209 g/mol. The first-order valence-corrected chi connectivity index (χ1v) is 4.80. The summed E-state index contributed by atoms with van der Waals surface area (Å²) in [4.78, 5) is 10.2. The summed E-state index contributed by atoms with van der Waals surface area (Å²) in [7, 11) is 0. The van der Waals surface area contributed by atoms with E-state index in [2.05, 4.69) is 0 Å². The molecule has 1 aromatic carbocycles. The molecule has 0 bridgehead atoms. The van der Waals surface area contributed by atoms with Crippen LogP contribution in [0, 0.1) is 10.1 Å². The molecule has 0 fully saturated rings. The van der Waals surface area contributed by atoms with Crippen LogP contribution in [0.4, 0.5) is 17.1 Å². The van der Waals surface area contributed by atoms with Crippen molar-refractivity contribution in [2.24, 2.45) is 0 Å². The van der Waals surface area contributed by atoms with Crippen LogP contribution in [0.5, 0.6) is 0 Å². The first-order valence-electron chi connectivity index (χ1n) is 4.80. The molecular formula is C10H15N3O2. The van der Waals surface area contributed by atoms with Crippen molar-refractivity contribution in [3.05, 3.63) is 27.8 Å². The van der Waals surface area contributed by atoms with E-state index in [1.165, 1.54) is 12.1 Å². The van der Waals surface area contributed by atoms with Crippen molar-refractivity contribution < 1.29 is 4.92 Å². The molecule has 1 rings (SSSR count). The molecule has 0 aliphatic carbocycles. The van der Waals surface area contributed by atoms with Gasteiger partial charge in [-0.05, 0) is 17.9 Å². The van der Waals surface area contributed by atoms with Gasteiger partial charge in [0.1, 0.15) is 0 Å². The van der Waals surface area contributed by atoms with E-state index in [-0.39, 0.29) is 17.3 Å². The van der Waals surface area contributed by atoms with Crippen LogP contribution in [0.25, 0.3) is 0 Å². The van der Waals surface area contributed by atoms with Crippen LogP contribution in [-0.4, -0.2) is 4.92 Å². The van der Waals surface area contributed by atoms with Crippen molar-refractivity contribution in [1.82, 2.24) is 0 Å². The molecule has 4 N–H and O–H groups in total. The lowest BCUT2D eigenvalue weighted by atomic mass is 9.95. The summed E-state index contributed by atoms with van der Waals surface area (Å²) in [6.45, 7) is 3.97. The maximum atomic E-state index is 10.6. The number of non-ortho nitro benzene ring substituents is 1. The molecule has 0 aromatic heterocycles. The molecule has 0 aliphatic heterocycles. The van der Waals surface area contributed by atoms with Crippen LogP contribution < -0.4 is 11.5 Å². The van der Waals surface area contributed by atoms with Crippen molar-refractivity contribution in [1.29, 1.82) is 0 Å². The van der Waals surface area contributed by atoms with Gasteiger partial charge in [0, 0.05) is 12.1 Å². The molecule has 5 nitrogen and oxygen atoms in total. The molecule has 0 saturated heterocycles. The Morgan fingerprint density at radius 3 is 2.53 bits per heavy atom. The zero-order chi connectivity index (χ0) is 11.6. The Morgan fingerprint density at radius 2 is 2.07 bits per heavy atom. The van der Waals surface area contributed by atoms with E-state index < -0.39 is 4.92 Å². The van der Waals surface area contributed by atoms with Crippen LogP contribution in [-0.2, 0) is 0 Å². The molecule has 5 heteroatoms. The molecule has 82 valence electrons. The zero-order valence-corrected chi connectivity index (χ0v) is 8.86. The van der Waals surface area contributed by atoms with E-state index in [4.69, 9.17) is 11.5 Å². The van der Waals surface area contributed by atoms with Gasteiger partial charge in [-0.3, -0.25) is 10.1 Å². The predicted octanol–water partition coefficient (Wildman–Crippen LogP) is 2.27. The average molecular weight is 209 g/mol. The summed E-state index contributed by atoms with van der Waals surface area (Å²) < 4.78 is 0. The smallest absolute Gasteiger partial charge is 0.271 e. The highest BCUT2D eigenvalue weighted by molar-refractivity contribution is 5.71. The third-order valence-electron chi connectivity index (χ3n) is 2.58. The van der Waals surface area contributed by atoms with Gasteiger partial charge in [0.25, 0.3) is 5.69 Å². The lowest BCUT2D eigenvalue weighted by Crippen LogP contribution is -2.04. The minimum absolute atomic E-state index is 0.00278. The molecule has 15 heavy (non-hydrogen) atoms. The molecule has 0 saturated carbocycles. The second kappa shape index (κ2) is 4.16. The fourth-order valence-corrected chi connectivity index (χ4v) is 1.42. The van der Waals surface area contributed by atoms with Crippen LogP contribution in [0.2, 0.25) is 0 Å². The van der Waals surface area contributed by atoms with E-state index in [9.17, 15) is 10.1 Å². The average Bonchev–Trinajstić information content (AvgIpc) is 2.20. The topological polar surface area (TPSA) is 95.2 Å². The first kappa shape index (κ1) is 11.3. The summed E-state index contributed by atoms with van der Waals surface area (Å²) in [6.07, 6.45) is 0.866. The number of anilines is 2. The lowest BCUT2D eigenvalue weighted by Gasteiger charge is -2.13. The second-order valence-electron chi connectivity index (χ2n) is 3.60. The molecule has 1 aromatic rings. The van der Waals surface area contributed by atoms with Gasteiger partial charge >= 0.3 is 0 Å². The molecule has 0 aliphatic rings. The van der Waals surface area contributed by atoms with Gasteiger partial charge in [-0.1, -0.05) is 13.8 Å². The van der Waals surface area contributed by atoms with Crippen LogP contribution in [0.15, 0.2) is 12.1 Å². The summed E-state index contributed by atoms with van der Waals surface area (Å²) >= 11 is 0. The fraction of sp³-hybridized carbons (Fsp3) is 0.400. The highest BCUT2D eigenvalue weighted by Crippen LogP contribution is 2.33. The number of nitrogens with two attached hydrogens (primary N) is 2. The highest BCUT2D eigenvalue weighted by Gasteiger charge is 2.16. The van der Waals surface area contributed by atoms with Crippen molar-refractivity contribution in [2.45, 2.75) is 26.2 Å². The number of nitro groups is 1. The third kappa shape index (κ3) is 2.18. The highest BCUT2D eigenvalue weighted by atomic mass is 16.6. The van der Waals surface area contributed by atoms with Crippen LogP contribution in [0.3, 0.4) is 0 Å². The molecule has 0 amide bonds. The zero-order valence-electron chi connectivity index (χ0n) is 8.86. The Bertz CT molecular complexity index is 390. The molecule has 0 spiro atoms. The molecular weight excluding hydrogens is 194 g/mol. The minimum atomic E-state index is -0.457. The fourth-order valence-electron chi connectivity index (χ4n) is 1.42. The van der Waals surface area contributed by atoms with Gasteiger partial charge in [0.15, 0.2) is 0 Å². The molecule has 0 unspecified atom stereocenters. The number of nitrogen functional groups attached to an aromatic ring is 2. The largest absolute Gasteiger partial charge is 0.397 e. The van der Waals surface area contributed by atoms with E-state index >= 15 is 0 Å². The molecule has 0 radical (unpaired) electrons. The summed E-state index contributed by atoms with van der Waals surface area (Å²) in [6, 6.07) is 2.79. The molecule has 0 heterocycles. The Hall–Kier alpha value is -1.78. The van der Waals surface area contributed by atoms with Gasteiger partial charge in [0.2, 0.25) is 0 Å². The maximum Gasteiger partial charge on any atom is 0.271 e. The first-order chi connectivity index (χ1) is 6.97. The normalized spacial score (nSPS) is 12.4. The SMILES string of the molecule is CC[C@H](C)c1cc([N+](=O)[O-])cc(N)c1N. The third-order valence-corrected chi connectivity index (χ3v) is 2.58. The second-order valence-corrected chi connectivity index (χ2v) is 3.60. The Labute approximate surface area is 88.2 Å². The maximum absolute atomic E-state index is 10.6. The van der Waals surface area contributed by atoms with Crippen molar-refractivity contribution >= 4 is 17.1 Å². The molecule has 1 atom stereocenters. The number of nitro benzene ring substituents is 1. The van der Waals surface area contributed by atoms with Crippen molar-refractivity contribution in [3.63, 3.8) is 0 Å². The van der Waals surface area contributed by atoms with Gasteiger partial charge < -0.3 is 11.5 Å².